The summed E-state index contributed by atoms with van der Waals surface area (Å²) in [6.07, 6.45) is 7.80. The molecule has 1 unspecified atom stereocenters. The highest BCUT2D eigenvalue weighted by Crippen LogP contribution is 2.31. The first-order chi connectivity index (χ1) is 11.7. The van der Waals surface area contributed by atoms with Gasteiger partial charge in [-0.15, -0.1) is 0 Å². The zero-order chi connectivity index (χ0) is 16.9. The van der Waals surface area contributed by atoms with E-state index in [4.69, 9.17) is 4.74 Å². The van der Waals surface area contributed by atoms with E-state index in [9.17, 15) is 4.79 Å². The summed E-state index contributed by atoms with van der Waals surface area (Å²) in [5.41, 5.74) is 2.11. The molecule has 1 aliphatic rings. The molecule has 1 fully saturated rings. The number of carbonyl (C=O) groups excluding carboxylic acids is 1. The highest BCUT2D eigenvalue weighted by molar-refractivity contribution is 6.04. The van der Waals surface area contributed by atoms with Gasteiger partial charge in [-0.25, -0.2) is 0 Å². The summed E-state index contributed by atoms with van der Waals surface area (Å²) in [7, 11) is 0. The van der Waals surface area contributed by atoms with Gasteiger partial charge < -0.3 is 10.1 Å². The van der Waals surface area contributed by atoms with Crippen molar-refractivity contribution in [1.29, 1.82) is 0 Å². The Hall–Kier alpha value is -2.28. The summed E-state index contributed by atoms with van der Waals surface area (Å²) in [5.74, 6) is 0.372. The molecule has 0 spiro atoms. The van der Waals surface area contributed by atoms with E-state index in [1.54, 1.807) is 18.5 Å². The minimum absolute atomic E-state index is 0.173. The Balaban J connectivity index is 1.78. The van der Waals surface area contributed by atoms with Gasteiger partial charge in [0.15, 0.2) is 0 Å². The molecule has 0 saturated carbocycles. The molecule has 3 rings (SSSR count). The normalized spacial score (nSPS) is 16.8. The molecule has 1 atom stereocenters. The maximum absolute atomic E-state index is 12.5. The first kappa shape index (κ1) is 16.6. The molecule has 1 amide bonds. The summed E-state index contributed by atoms with van der Waals surface area (Å²) in [5, 5.41) is 14.8. The second-order valence-electron chi connectivity index (χ2n) is 6.10. The highest BCUT2D eigenvalue weighted by Gasteiger charge is 2.27. The lowest BCUT2D eigenvalue weighted by atomic mass is 9.90. The second-order valence-corrected chi connectivity index (χ2v) is 6.10. The largest absolute Gasteiger partial charge is 0.381 e. The van der Waals surface area contributed by atoms with E-state index in [0.717, 1.165) is 38.2 Å². The average Bonchev–Trinajstić information content (AvgIpc) is 2.99. The van der Waals surface area contributed by atoms with Crippen LogP contribution in [0.5, 0.6) is 0 Å². The first-order valence-electron chi connectivity index (χ1n) is 8.40. The van der Waals surface area contributed by atoms with Crippen molar-refractivity contribution in [3.8, 4) is 0 Å². The molecule has 7 nitrogen and oxygen atoms in total. The van der Waals surface area contributed by atoms with Gasteiger partial charge in [0.25, 0.3) is 5.91 Å². The van der Waals surface area contributed by atoms with Gasteiger partial charge in [0.2, 0.25) is 0 Å². The van der Waals surface area contributed by atoms with Crippen LogP contribution in [-0.4, -0.2) is 39.1 Å². The van der Waals surface area contributed by atoms with Crippen LogP contribution in [0, 0.1) is 12.8 Å². The molecule has 1 saturated heterocycles. The van der Waals surface area contributed by atoms with Crippen molar-refractivity contribution in [1.82, 2.24) is 20.0 Å². The summed E-state index contributed by atoms with van der Waals surface area (Å²) >= 11 is 0. The maximum atomic E-state index is 12.5. The van der Waals surface area contributed by atoms with E-state index in [1.165, 1.54) is 6.20 Å². The molecule has 1 aliphatic heterocycles. The molecule has 3 heterocycles. The van der Waals surface area contributed by atoms with Crippen LogP contribution in [0.3, 0.4) is 0 Å². The minimum atomic E-state index is -0.173. The zero-order valence-electron chi connectivity index (χ0n) is 14.1. The lowest BCUT2D eigenvalue weighted by molar-refractivity contribution is 0.0454. The van der Waals surface area contributed by atoms with Crippen LogP contribution in [-0.2, 0) is 4.74 Å². The number of hydrogen-bond donors (Lipinski definition) is 1. The number of aromatic nitrogens is 4. The van der Waals surface area contributed by atoms with Crippen LogP contribution in [0.25, 0.3) is 0 Å². The van der Waals surface area contributed by atoms with Gasteiger partial charge in [-0.05, 0) is 38.2 Å². The van der Waals surface area contributed by atoms with Crippen molar-refractivity contribution < 1.29 is 9.53 Å². The fourth-order valence-electron chi connectivity index (χ4n) is 3.35. The summed E-state index contributed by atoms with van der Waals surface area (Å²) in [4.78, 5) is 12.5. The topological polar surface area (TPSA) is 81.9 Å². The second kappa shape index (κ2) is 7.53. The van der Waals surface area contributed by atoms with Crippen molar-refractivity contribution in [2.24, 2.45) is 5.92 Å². The maximum Gasteiger partial charge on any atom is 0.259 e. The van der Waals surface area contributed by atoms with E-state index in [0.29, 0.717) is 23.2 Å². The lowest BCUT2D eigenvalue weighted by Gasteiger charge is -2.30. The van der Waals surface area contributed by atoms with Crippen LogP contribution in [0.4, 0.5) is 5.69 Å². The van der Waals surface area contributed by atoms with Crippen molar-refractivity contribution in [2.45, 2.75) is 39.2 Å². The third-order valence-corrected chi connectivity index (χ3v) is 4.67. The Morgan fingerprint density at radius 3 is 2.83 bits per heavy atom. The lowest BCUT2D eigenvalue weighted by Crippen LogP contribution is -2.27. The molecule has 0 radical (unpaired) electrons. The van der Waals surface area contributed by atoms with Crippen molar-refractivity contribution in [3.05, 3.63) is 35.9 Å². The zero-order valence-corrected chi connectivity index (χ0v) is 14.1. The van der Waals surface area contributed by atoms with E-state index >= 15 is 0 Å². The number of nitrogens with one attached hydrogen (secondary N) is 1. The number of carbonyl (C=O) groups is 1. The first-order valence-corrected chi connectivity index (χ1v) is 8.40. The van der Waals surface area contributed by atoms with Crippen LogP contribution >= 0.6 is 0 Å². The Morgan fingerprint density at radius 2 is 2.17 bits per heavy atom. The van der Waals surface area contributed by atoms with Crippen molar-refractivity contribution in [2.75, 3.05) is 18.5 Å². The average molecular weight is 329 g/mol. The molecular weight excluding hydrogens is 306 g/mol. The van der Waals surface area contributed by atoms with Crippen LogP contribution < -0.4 is 5.32 Å². The van der Waals surface area contributed by atoms with Crippen LogP contribution in [0.1, 0.15) is 48.3 Å². The minimum Gasteiger partial charge on any atom is -0.381 e. The molecule has 0 bridgehead atoms. The smallest absolute Gasteiger partial charge is 0.259 e. The molecule has 128 valence electrons. The fraction of sp³-hybridized carbons (Fsp3) is 0.529. The molecular formula is C17H23N5O2. The van der Waals surface area contributed by atoms with Crippen LogP contribution in [0.2, 0.25) is 0 Å². The quantitative estimate of drug-likeness (QED) is 0.912. The Bertz CT molecular complexity index is 680. The Labute approximate surface area is 141 Å². The number of anilines is 1. The van der Waals surface area contributed by atoms with Gasteiger partial charge in [0, 0.05) is 18.9 Å². The van der Waals surface area contributed by atoms with Gasteiger partial charge >= 0.3 is 0 Å². The number of amides is 1. The van der Waals surface area contributed by atoms with Gasteiger partial charge in [-0.1, -0.05) is 6.92 Å². The van der Waals surface area contributed by atoms with Crippen molar-refractivity contribution in [3.63, 3.8) is 0 Å². The van der Waals surface area contributed by atoms with Gasteiger partial charge in [0.05, 0.1) is 35.9 Å². The third-order valence-electron chi connectivity index (χ3n) is 4.67. The van der Waals surface area contributed by atoms with Gasteiger partial charge in [-0.3, -0.25) is 9.48 Å². The Kier molecular flexibility index (Phi) is 5.20. The number of rotatable bonds is 5. The number of nitrogens with zero attached hydrogens (tertiary/aromatic N) is 4. The molecule has 24 heavy (non-hydrogen) atoms. The highest BCUT2D eigenvalue weighted by atomic mass is 16.5. The number of ether oxygens (including phenoxy) is 1. The third kappa shape index (κ3) is 3.46. The monoisotopic (exact) mass is 329 g/mol. The van der Waals surface area contributed by atoms with E-state index in [2.05, 4.69) is 27.5 Å². The van der Waals surface area contributed by atoms with Crippen molar-refractivity contribution >= 4 is 11.6 Å². The van der Waals surface area contributed by atoms with E-state index in [-0.39, 0.29) is 5.91 Å². The summed E-state index contributed by atoms with van der Waals surface area (Å²) in [6.45, 7) is 5.74. The fourth-order valence-corrected chi connectivity index (χ4v) is 3.35. The summed E-state index contributed by atoms with van der Waals surface area (Å²) in [6, 6.07) is 2.01. The molecule has 2 aromatic heterocycles. The van der Waals surface area contributed by atoms with Crippen LogP contribution in [0.15, 0.2) is 24.7 Å². The molecule has 2 aromatic rings. The predicted octanol–water partition coefficient (Wildman–Crippen LogP) is 2.61. The Morgan fingerprint density at radius 1 is 1.38 bits per heavy atom. The predicted molar refractivity (Wildman–Crippen MR) is 89.8 cm³/mol. The van der Waals surface area contributed by atoms with Gasteiger partial charge in [-0.2, -0.15) is 15.3 Å². The summed E-state index contributed by atoms with van der Waals surface area (Å²) < 4.78 is 7.48. The number of hydrogen-bond acceptors (Lipinski definition) is 5. The molecule has 0 aliphatic carbocycles. The molecule has 0 aromatic carbocycles. The standard InChI is InChI=1S/C17H23N5O2/c1-3-16(13-5-8-24-9-6-13)22-12(2)15(11-20-22)17(23)21-14-4-7-18-19-10-14/h4,7,10-11,13,16H,3,5-6,8-9H2,1-2H3,(H,18,21,23). The van der Waals surface area contributed by atoms with Gasteiger partial charge in [0.1, 0.15) is 0 Å². The van der Waals surface area contributed by atoms with E-state index < -0.39 is 0 Å². The van der Waals surface area contributed by atoms with E-state index in [1.807, 2.05) is 11.6 Å². The molecule has 1 N–H and O–H groups in total. The molecule has 7 heteroatoms. The SMILES string of the molecule is CCC(C1CCOCC1)n1ncc(C(=O)Nc2ccnnc2)c1C.